The van der Waals surface area contributed by atoms with Gasteiger partial charge in [-0.2, -0.15) is 0 Å². The molecule has 0 unspecified atom stereocenters. The van der Waals surface area contributed by atoms with Gasteiger partial charge in [-0.05, 0) is 68.3 Å². The van der Waals surface area contributed by atoms with E-state index in [1.807, 2.05) is 18.2 Å². The van der Waals surface area contributed by atoms with Gasteiger partial charge in [-0.3, -0.25) is 0 Å². The Hall–Kier alpha value is 0.390. The minimum Gasteiger partial charge on any atom is -0.391 e. The van der Waals surface area contributed by atoms with Gasteiger partial charge in [0.15, 0.2) is 0 Å². The summed E-state index contributed by atoms with van der Waals surface area (Å²) in [7, 11) is 0. The second-order valence-electron chi connectivity index (χ2n) is 4.74. The highest BCUT2D eigenvalue weighted by Gasteiger charge is 2.17. The molecule has 18 heavy (non-hydrogen) atoms. The molecule has 2 atom stereocenters. The van der Waals surface area contributed by atoms with Crippen LogP contribution in [0, 0.1) is 5.92 Å². The van der Waals surface area contributed by atoms with Crippen molar-refractivity contribution in [1.29, 1.82) is 0 Å². The van der Waals surface area contributed by atoms with Crippen molar-refractivity contribution >= 4 is 44.3 Å². The van der Waals surface area contributed by atoms with Crippen LogP contribution in [0.25, 0.3) is 0 Å². The molecule has 0 heterocycles. The lowest BCUT2D eigenvalue weighted by atomic mass is 9.96. The van der Waals surface area contributed by atoms with Gasteiger partial charge in [0.2, 0.25) is 0 Å². The number of nitrogens with two attached hydrogens (primary N) is 1. The molecule has 0 aliphatic rings. The summed E-state index contributed by atoms with van der Waals surface area (Å²) >= 11 is 6.86. The zero-order valence-electron chi connectivity index (χ0n) is 10.6. The van der Waals surface area contributed by atoms with Crippen molar-refractivity contribution in [1.82, 2.24) is 0 Å². The second-order valence-corrected chi connectivity index (χ2v) is 6.45. The molecule has 1 rings (SSSR count). The summed E-state index contributed by atoms with van der Waals surface area (Å²) in [6.45, 7) is 4.29. The van der Waals surface area contributed by atoms with Gasteiger partial charge in [0.05, 0.1) is 12.1 Å². The van der Waals surface area contributed by atoms with Crippen LogP contribution in [0.15, 0.2) is 27.1 Å². The zero-order valence-corrected chi connectivity index (χ0v) is 14.6. The number of aliphatic hydroxyl groups is 1. The average molecular weight is 402 g/mol. The molecule has 104 valence electrons. The Labute approximate surface area is 132 Å². The van der Waals surface area contributed by atoms with E-state index in [1.54, 1.807) is 0 Å². The molecular weight excluding hydrogens is 381 g/mol. The van der Waals surface area contributed by atoms with Crippen molar-refractivity contribution in [3.05, 3.63) is 32.7 Å². The Bertz CT molecular complexity index is 374. The van der Waals surface area contributed by atoms with Crippen LogP contribution in [0.5, 0.6) is 0 Å². The maximum absolute atomic E-state index is 10.0. The van der Waals surface area contributed by atoms with Crippen molar-refractivity contribution in [2.45, 2.75) is 38.8 Å². The molecule has 0 aliphatic carbocycles. The third kappa shape index (κ3) is 5.57. The van der Waals surface area contributed by atoms with Crippen LogP contribution < -0.4 is 5.73 Å². The normalized spacial score (nSPS) is 14.2. The van der Waals surface area contributed by atoms with Crippen LogP contribution in [-0.2, 0) is 0 Å². The fraction of sp³-hybridized carbons (Fsp3) is 0.538. The minimum absolute atomic E-state index is 0. The monoisotopic (exact) mass is 399 g/mol. The molecule has 5 heteroatoms. The smallest absolute Gasteiger partial charge is 0.0732 e. The number of rotatable bonds is 5. The van der Waals surface area contributed by atoms with Gasteiger partial charge in [0.1, 0.15) is 0 Å². The van der Waals surface area contributed by atoms with Crippen molar-refractivity contribution in [3.8, 4) is 0 Å². The summed E-state index contributed by atoms with van der Waals surface area (Å²) in [5, 5.41) is 10.0. The molecule has 1 aromatic carbocycles. The molecule has 2 nitrogen and oxygen atoms in total. The van der Waals surface area contributed by atoms with E-state index in [9.17, 15) is 5.11 Å². The fourth-order valence-electron chi connectivity index (χ4n) is 1.63. The SMILES string of the molecule is CC(C)CC[C@@H](O)[C@@H](N)c1ccc(Br)c(Br)c1.Cl. The summed E-state index contributed by atoms with van der Waals surface area (Å²) < 4.78 is 1.95. The van der Waals surface area contributed by atoms with Crippen LogP contribution in [-0.4, -0.2) is 11.2 Å². The van der Waals surface area contributed by atoms with Gasteiger partial charge in [0.25, 0.3) is 0 Å². The topological polar surface area (TPSA) is 46.2 Å². The lowest BCUT2D eigenvalue weighted by Crippen LogP contribution is -2.26. The molecule has 0 fully saturated rings. The molecular formula is C13H20Br2ClNO. The Morgan fingerprint density at radius 1 is 1.17 bits per heavy atom. The molecule has 0 radical (unpaired) electrons. The summed E-state index contributed by atoms with van der Waals surface area (Å²) in [5.74, 6) is 0.591. The number of aliphatic hydroxyl groups excluding tert-OH is 1. The van der Waals surface area contributed by atoms with Crippen molar-refractivity contribution < 1.29 is 5.11 Å². The van der Waals surface area contributed by atoms with Crippen LogP contribution in [0.1, 0.15) is 38.3 Å². The molecule has 0 amide bonds. The molecule has 0 aliphatic heterocycles. The predicted molar refractivity (Wildman–Crippen MR) is 86.1 cm³/mol. The van der Waals surface area contributed by atoms with Gasteiger partial charge < -0.3 is 10.8 Å². The third-order valence-electron chi connectivity index (χ3n) is 2.78. The number of halogens is 3. The quantitative estimate of drug-likeness (QED) is 0.767. The summed E-state index contributed by atoms with van der Waals surface area (Å²) in [6, 6.07) is 5.51. The number of hydrogen-bond donors (Lipinski definition) is 2. The predicted octanol–water partition coefficient (Wildman–Crippen LogP) is 4.43. The van der Waals surface area contributed by atoms with E-state index in [4.69, 9.17) is 5.73 Å². The van der Waals surface area contributed by atoms with E-state index < -0.39 is 6.10 Å². The first-order valence-electron chi connectivity index (χ1n) is 5.80. The number of benzene rings is 1. The number of hydrogen-bond acceptors (Lipinski definition) is 2. The Kier molecular flexibility index (Phi) is 8.72. The largest absolute Gasteiger partial charge is 0.391 e. The van der Waals surface area contributed by atoms with Gasteiger partial charge in [-0.25, -0.2) is 0 Å². The highest BCUT2D eigenvalue weighted by molar-refractivity contribution is 9.13. The molecule has 1 aromatic rings. The van der Waals surface area contributed by atoms with Crippen LogP contribution in [0.4, 0.5) is 0 Å². The van der Waals surface area contributed by atoms with Gasteiger partial charge >= 0.3 is 0 Å². The first kappa shape index (κ1) is 18.4. The minimum atomic E-state index is -0.481. The van der Waals surface area contributed by atoms with E-state index in [0.29, 0.717) is 5.92 Å². The third-order valence-corrected chi connectivity index (χ3v) is 4.66. The first-order chi connectivity index (χ1) is 7.91. The maximum atomic E-state index is 10.0. The van der Waals surface area contributed by atoms with E-state index in [-0.39, 0.29) is 18.4 Å². The molecule has 3 N–H and O–H groups in total. The Morgan fingerprint density at radius 2 is 1.78 bits per heavy atom. The van der Waals surface area contributed by atoms with E-state index in [2.05, 4.69) is 45.7 Å². The first-order valence-corrected chi connectivity index (χ1v) is 7.39. The molecule has 0 spiro atoms. The van der Waals surface area contributed by atoms with E-state index in [1.165, 1.54) is 0 Å². The van der Waals surface area contributed by atoms with Crippen molar-refractivity contribution in [3.63, 3.8) is 0 Å². The van der Waals surface area contributed by atoms with Crippen LogP contribution in [0.3, 0.4) is 0 Å². The highest BCUT2D eigenvalue weighted by Crippen LogP contribution is 2.27. The Morgan fingerprint density at radius 3 is 2.28 bits per heavy atom. The Balaban J connectivity index is 0.00000289. The molecule has 0 bridgehead atoms. The van der Waals surface area contributed by atoms with Crippen molar-refractivity contribution in [2.24, 2.45) is 11.7 Å². The molecule has 0 saturated heterocycles. The lowest BCUT2D eigenvalue weighted by molar-refractivity contribution is 0.128. The highest BCUT2D eigenvalue weighted by atomic mass is 79.9. The van der Waals surface area contributed by atoms with E-state index in [0.717, 1.165) is 27.4 Å². The van der Waals surface area contributed by atoms with Gasteiger partial charge in [-0.1, -0.05) is 19.9 Å². The maximum Gasteiger partial charge on any atom is 0.0732 e. The standard InChI is InChI=1S/C13H19Br2NO.ClH/c1-8(2)3-6-12(17)13(16)9-4-5-10(14)11(15)7-9;/h4-5,7-8,12-13,17H,3,6,16H2,1-2H3;1H/t12-,13+;/m1./s1. The van der Waals surface area contributed by atoms with Crippen molar-refractivity contribution in [2.75, 3.05) is 0 Å². The van der Waals surface area contributed by atoms with Crippen LogP contribution in [0.2, 0.25) is 0 Å². The summed E-state index contributed by atoms with van der Waals surface area (Å²) in [5.41, 5.74) is 7.01. The van der Waals surface area contributed by atoms with Gasteiger partial charge in [0, 0.05) is 8.95 Å². The molecule has 0 aromatic heterocycles. The van der Waals surface area contributed by atoms with Crippen LogP contribution >= 0.6 is 44.3 Å². The average Bonchev–Trinajstić information content (AvgIpc) is 2.28. The summed E-state index contributed by atoms with van der Waals surface area (Å²) in [6.07, 6.45) is 1.25. The van der Waals surface area contributed by atoms with Gasteiger partial charge in [-0.15, -0.1) is 12.4 Å². The zero-order chi connectivity index (χ0) is 13.0. The fourth-order valence-corrected chi connectivity index (χ4v) is 2.27. The van der Waals surface area contributed by atoms with E-state index >= 15 is 0 Å². The molecule has 0 saturated carbocycles. The summed E-state index contributed by atoms with van der Waals surface area (Å²) in [4.78, 5) is 0. The lowest BCUT2D eigenvalue weighted by Gasteiger charge is -2.20. The second kappa shape index (κ2) is 8.54.